The number of aromatic nitrogens is 2. The Hall–Kier alpha value is -1.32. The largest absolute Gasteiger partial charge is 0.476 e. The van der Waals surface area contributed by atoms with Gasteiger partial charge in [-0.1, -0.05) is 0 Å². The third-order valence-corrected chi connectivity index (χ3v) is 2.86. The van der Waals surface area contributed by atoms with Gasteiger partial charge in [0.15, 0.2) is 5.69 Å². The average Bonchev–Trinajstić information content (AvgIpc) is 2.48. The molecule has 1 aromatic rings. The van der Waals surface area contributed by atoms with E-state index in [9.17, 15) is 4.79 Å². The van der Waals surface area contributed by atoms with Crippen molar-refractivity contribution in [2.45, 2.75) is 31.7 Å². The van der Waals surface area contributed by atoms with Gasteiger partial charge >= 0.3 is 5.97 Å². The molecule has 0 unspecified atom stereocenters. The van der Waals surface area contributed by atoms with Crippen LogP contribution in [0.25, 0.3) is 0 Å². The minimum atomic E-state index is -0.957. The lowest BCUT2D eigenvalue weighted by atomic mass is 9.78. The summed E-state index contributed by atoms with van der Waals surface area (Å²) >= 11 is 0. The van der Waals surface area contributed by atoms with E-state index in [-0.39, 0.29) is 11.2 Å². The van der Waals surface area contributed by atoms with Crippen LogP contribution in [0.3, 0.4) is 0 Å². The van der Waals surface area contributed by atoms with Crippen molar-refractivity contribution in [3.05, 3.63) is 18.2 Å². The van der Waals surface area contributed by atoms with E-state index >= 15 is 0 Å². The lowest BCUT2D eigenvalue weighted by molar-refractivity contribution is 0.0690. The first-order chi connectivity index (χ1) is 6.12. The average molecular weight is 180 g/mol. The number of aromatic carboxylic acids is 1. The van der Waals surface area contributed by atoms with Crippen molar-refractivity contribution >= 4 is 5.97 Å². The highest BCUT2D eigenvalue weighted by Gasteiger charge is 2.33. The van der Waals surface area contributed by atoms with E-state index in [2.05, 4.69) is 11.9 Å². The van der Waals surface area contributed by atoms with Gasteiger partial charge in [-0.25, -0.2) is 9.78 Å². The van der Waals surface area contributed by atoms with Crippen LogP contribution in [-0.2, 0) is 5.54 Å². The predicted molar refractivity (Wildman–Crippen MR) is 46.7 cm³/mol. The zero-order chi connectivity index (χ0) is 9.47. The van der Waals surface area contributed by atoms with E-state index in [4.69, 9.17) is 5.11 Å². The van der Waals surface area contributed by atoms with E-state index in [1.165, 1.54) is 6.42 Å². The maximum Gasteiger partial charge on any atom is 0.356 e. The lowest BCUT2D eigenvalue weighted by Crippen LogP contribution is -2.36. The molecule has 1 N–H and O–H groups in total. The monoisotopic (exact) mass is 180 g/mol. The highest BCUT2D eigenvalue weighted by Crippen LogP contribution is 2.38. The van der Waals surface area contributed by atoms with Crippen LogP contribution < -0.4 is 0 Å². The molecule has 0 aliphatic heterocycles. The number of imidazole rings is 1. The lowest BCUT2D eigenvalue weighted by Gasteiger charge is -2.39. The molecule has 0 atom stereocenters. The molecule has 0 aromatic carbocycles. The van der Waals surface area contributed by atoms with Gasteiger partial charge in [0, 0.05) is 11.7 Å². The summed E-state index contributed by atoms with van der Waals surface area (Å²) in [6.07, 6.45) is 6.67. The van der Waals surface area contributed by atoms with Gasteiger partial charge in [0.1, 0.15) is 0 Å². The molecule has 1 fully saturated rings. The number of carboxylic acids is 1. The standard InChI is InChI=1S/C9H12N2O2/c1-9(3-2-4-9)11-5-7(8(12)13)10-6-11/h5-6H,2-4H2,1H3,(H,12,13). The number of rotatable bonds is 2. The Bertz CT molecular complexity index is 339. The molecule has 0 radical (unpaired) electrons. The second-order valence-corrected chi connectivity index (χ2v) is 3.82. The van der Waals surface area contributed by atoms with Gasteiger partial charge < -0.3 is 9.67 Å². The van der Waals surface area contributed by atoms with Crippen molar-refractivity contribution in [1.29, 1.82) is 0 Å². The summed E-state index contributed by atoms with van der Waals surface area (Å²) in [7, 11) is 0. The number of nitrogens with zero attached hydrogens (tertiary/aromatic N) is 2. The van der Waals surface area contributed by atoms with Gasteiger partial charge in [0.2, 0.25) is 0 Å². The molecule has 0 saturated heterocycles. The molecule has 4 nitrogen and oxygen atoms in total. The molecular formula is C9H12N2O2. The molecule has 1 aromatic heterocycles. The molecule has 13 heavy (non-hydrogen) atoms. The third kappa shape index (κ3) is 1.22. The van der Waals surface area contributed by atoms with Crippen molar-refractivity contribution < 1.29 is 9.90 Å². The first kappa shape index (κ1) is 8.29. The van der Waals surface area contributed by atoms with Crippen LogP contribution in [0, 0.1) is 0 Å². The molecular weight excluding hydrogens is 168 g/mol. The van der Waals surface area contributed by atoms with Crippen molar-refractivity contribution in [1.82, 2.24) is 9.55 Å². The molecule has 2 rings (SSSR count). The maximum atomic E-state index is 10.6. The molecule has 1 aliphatic rings. The molecule has 1 aliphatic carbocycles. The van der Waals surface area contributed by atoms with E-state index in [0.717, 1.165) is 12.8 Å². The Morgan fingerprint density at radius 3 is 2.77 bits per heavy atom. The van der Waals surface area contributed by atoms with Gasteiger partial charge in [-0.05, 0) is 26.2 Å². The highest BCUT2D eigenvalue weighted by molar-refractivity contribution is 5.84. The molecule has 1 heterocycles. The summed E-state index contributed by atoms with van der Waals surface area (Å²) in [5.41, 5.74) is 0.244. The fraction of sp³-hybridized carbons (Fsp3) is 0.556. The molecule has 70 valence electrons. The van der Waals surface area contributed by atoms with Crippen LogP contribution >= 0.6 is 0 Å². The Labute approximate surface area is 76.2 Å². The van der Waals surface area contributed by atoms with Gasteiger partial charge in [-0.3, -0.25) is 0 Å². The summed E-state index contributed by atoms with van der Waals surface area (Å²) < 4.78 is 1.92. The van der Waals surface area contributed by atoms with Crippen molar-refractivity contribution in [2.75, 3.05) is 0 Å². The van der Waals surface area contributed by atoms with Crippen molar-refractivity contribution in [3.8, 4) is 0 Å². The topological polar surface area (TPSA) is 55.1 Å². The van der Waals surface area contributed by atoms with Crippen LogP contribution in [0.5, 0.6) is 0 Å². The smallest absolute Gasteiger partial charge is 0.356 e. The predicted octanol–water partition coefficient (Wildman–Crippen LogP) is 1.48. The first-order valence-corrected chi connectivity index (χ1v) is 4.40. The fourth-order valence-electron chi connectivity index (χ4n) is 1.68. The van der Waals surface area contributed by atoms with Gasteiger partial charge in [0.25, 0.3) is 0 Å². The summed E-state index contributed by atoms with van der Waals surface area (Å²) in [4.78, 5) is 14.4. The van der Waals surface area contributed by atoms with Gasteiger partial charge in [-0.15, -0.1) is 0 Å². The van der Waals surface area contributed by atoms with E-state index in [0.29, 0.717) is 0 Å². The Balaban J connectivity index is 2.27. The minimum Gasteiger partial charge on any atom is -0.476 e. The van der Waals surface area contributed by atoms with Crippen molar-refractivity contribution in [3.63, 3.8) is 0 Å². The van der Waals surface area contributed by atoms with Gasteiger partial charge in [-0.2, -0.15) is 0 Å². The van der Waals surface area contributed by atoms with E-state index < -0.39 is 5.97 Å². The van der Waals surface area contributed by atoms with Crippen LogP contribution in [0.4, 0.5) is 0 Å². The first-order valence-electron chi connectivity index (χ1n) is 4.40. The second kappa shape index (κ2) is 2.58. The van der Waals surface area contributed by atoms with Crippen LogP contribution in [0.15, 0.2) is 12.5 Å². The number of hydrogen-bond donors (Lipinski definition) is 1. The summed E-state index contributed by atoms with van der Waals surface area (Å²) in [6, 6.07) is 0. The normalized spacial score (nSPS) is 19.5. The molecule has 0 bridgehead atoms. The molecule has 0 spiro atoms. The molecule has 1 saturated carbocycles. The van der Waals surface area contributed by atoms with E-state index in [1.54, 1.807) is 12.5 Å². The van der Waals surface area contributed by atoms with Crippen LogP contribution in [0.2, 0.25) is 0 Å². The van der Waals surface area contributed by atoms with Crippen LogP contribution in [-0.4, -0.2) is 20.6 Å². The Kier molecular flexibility index (Phi) is 1.65. The van der Waals surface area contributed by atoms with Crippen LogP contribution in [0.1, 0.15) is 36.7 Å². The molecule has 4 heteroatoms. The molecule has 0 amide bonds. The number of hydrogen-bond acceptors (Lipinski definition) is 2. The summed E-state index contributed by atoms with van der Waals surface area (Å²) in [5, 5.41) is 8.68. The zero-order valence-electron chi connectivity index (χ0n) is 7.53. The summed E-state index contributed by atoms with van der Waals surface area (Å²) in [5.74, 6) is -0.957. The SMILES string of the molecule is CC1(n2cnc(C(=O)O)c2)CCC1. The minimum absolute atomic E-state index is 0.112. The number of carboxylic acid groups (broad SMARTS) is 1. The maximum absolute atomic E-state index is 10.6. The summed E-state index contributed by atoms with van der Waals surface area (Å²) in [6.45, 7) is 2.13. The Morgan fingerprint density at radius 1 is 1.69 bits per heavy atom. The highest BCUT2D eigenvalue weighted by atomic mass is 16.4. The second-order valence-electron chi connectivity index (χ2n) is 3.82. The third-order valence-electron chi connectivity index (χ3n) is 2.86. The number of carbonyl (C=O) groups is 1. The van der Waals surface area contributed by atoms with Crippen molar-refractivity contribution in [2.24, 2.45) is 0 Å². The van der Waals surface area contributed by atoms with Gasteiger partial charge in [0.05, 0.1) is 6.33 Å². The Morgan fingerprint density at radius 2 is 2.38 bits per heavy atom. The van der Waals surface area contributed by atoms with E-state index in [1.807, 2.05) is 4.57 Å². The zero-order valence-corrected chi connectivity index (χ0v) is 7.53. The quantitative estimate of drug-likeness (QED) is 0.750. The fourth-order valence-corrected chi connectivity index (χ4v) is 1.68.